The average molecular weight is 221 g/mol. The summed E-state index contributed by atoms with van der Waals surface area (Å²) in [5.41, 5.74) is 1.15. The van der Waals surface area contributed by atoms with Gasteiger partial charge in [0.1, 0.15) is 0 Å². The Balaban J connectivity index is 0.000000671. The first-order chi connectivity index (χ1) is 6.25. The largest absolute Gasteiger partial charge is 0.0888 e. The van der Waals surface area contributed by atoms with Crippen molar-refractivity contribution in [3.63, 3.8) is 0 Å². The first-order valence-electron chi connectivity index (χ1n) is 4.99. The van der Waals surface area contributed by atoms with Gasteiger partial charge in [0.25, 0.3) is 0 Å². The molecule has 0 aromatic rings. The molecule has 1 rings (SSSR count). The predicted molar refractivity (Wildman–Crippen MR) is 62.3 cm³/mol. The molecule has 76 valence electrons. The molecule has 2 heteroatoms. The van der Waals surface area contributed by atoms with Gasteiger partial charge in [-0.15, -0.1) is 0 Å². The van der Waals surface area contributed by atoms with Crippen molar-refractivity contribution in [3.8, 4) is 0 Å². The summed E-state index contributed by atoms with van der Waals surface area (Å²) in [5, 5.41) is 1.82. The lowest BCUT2D eigenvalue weighted by molar-refractivity contribution is 0.880. The van der Waals surface area contributed by atoms with Gasteiger partial charge in [-0.05, 0) is 24.8 Å². The van der Waals surface area contributed by atoms with Gasteiger partial charge >= 0.3 is 0 Å². The van der Waals surface area contributed by atoms with Crippen LogP contribution in [-0.2, 0) is 0 Å². The lowest BCUT2D eigenvalue weighted by atomic mass is 10.0. The summed E-state index contributed by atoms with van der Waals surface area (Å²) in [7, 11) is 0. The zero-order valence-electron chi connectivity index (χ0n) is 8.66. The summed E-state index contributed by atoms with van der Waals surface area (Å²) in [4.78, 5) is 0. The molecular weight excluding hydrogens is 203 g/mol. The van der Waals surface area contributed by atoms with Crippen LogP contribution in [0.3, 0.4) is 0 Å². The molecule has 0 atom stereocenters. The fourth-order valence-electron chi connectivity index (χ4n) is 1.23. The molecule has 0 saturated carbocycles. The van der Waals surface area contributed by atoms with Crippen molar-refractivity contribution in [2.75, 3.05) is 0 Å². The topological polar surface area (TPSA) is 0 Å². The highest BCUT2D eigenvalue weighted by molar-refractivity contribution is 6.35. The Bertz CT molecular complexity index is 202. The first kappa shape index (κ1) is 13.1. The predicted octanol–water partition coefficient (Wildman–Crippen LogP) is 5.22. The molecule has 0 saturated heterocycles. The second-order valence-corrected chi connectivity index (χ2v) is 3.59. The Morgan fingerprint density at radius 2 is 1.92 bits per heavy atom. The van der Waals surface area contributed by atoms with E-state index in [4.69, 9.17) is 23.2 Å². The molecule has 0 spiro atoms. The van der Waals surface area contributed by atoms with Crippen LogP contribution in [-0.4, -0.2) is 0 Å². The fraction of sp³-hybridized carbons (Fsp3) is 0.636. The molecule has 0 aliphatic heterocycles. The third-order valence-corrected chi connectivity index (χ3v) is 2.60. The van der Waals surface area contributed by atoms with Crippen LogP contribution in [0.2, 0.25) is 0 Å². The van der Waals surface area contributed by atoms with Crippen molar-refractivity contribution in [1.82, 2.24) is 0 Å². The molecule has 0 unspecified atom stereocenters. The van der Waals surface area contributed by atoms with Crippen LogP contribution < -0.4 is 0 Å². The third-order valence-electron chi connectivity index (χ3n) is 1.80. The number of hydrogen-bond donors (Lipinski definition) is 0. The molecule has 0 nitrogen and oxygen atoms in total. The smallest absolute Gasteiger partial charge is 0.0409 e. The summed E-state index contributed by atoms with van der Waals surface area (Å²) in [6, 6.07) is 0. The van der Waals surface area contributed by atoms with Crippen molar-refractivity contribution in [3.05, 3.63) is 21.7 Å². The maximum Gasteiger partial charge on any atom is 0.0409 e. The number of hydrogen-bond acceptors (Lipinski definition) is 0. The van der Waals surface area contributed by atoms with E-state index in [0.29, 0.717) is 0 Å². The van der Waals surface area contributed by atoms with E-state index in [1.54, 1.807) is 0 Å². The fourth-order valence-corrected chi connectivity index (χ4v) is 1.91. The lowest BCUT2D eigenvalue weighted by Gasteiger charge is -2.13. The maximum absolute atomic E-state index is 6.01. The second-order valence-electron chi connectivity index (χ2n) is 2.72. The Hall–Kier alpha value is 0.0600. The van der Waals surface area contributed by atoms with E-state index in [2.05, 4.69) is 13.0 Å². The summed E-state index contributed by atoms with van der Waals surface area (Å²) in [6.07, 6.45) is 6.13. The van der Waals surface area contributed by atoms with Crippen LogP contribution in [0.15, 0.2) is 21.7 Å². The average Bonchev–Trinajstić information content (AvgIpc) is 2.15. The van der Waals surface area contributed by atoms with Gasteiger partial charge in [0.2, 0.25) is 0 Å². The third kappa shape index (κ3) is 4.19. The van der Waals surface area contributed by atoms with Crippen LogP contribution in [0.4, 0.5) is 0 Å². The van der Waals surface area contributed by atoms with E-state index in [-0.39, 0.29) is 0 Å². The van der Waals surface area contributed by atoms with Gasteiger partial charge in [0.05, 0.1) is 0 Å². The molecule has 0 radical (unpaired) electrons. The number of allylic oxidation sites excluding steroid dienone is 4. The molecule has 0 amide bonds. The van der Waals surface area contributed by atoms with Crippen LogP contribution in [0.25, 0.3) is 0 Å². The summed E-state index contributed by atoms with van der Waals surface area (Å²) in [6.45, 7) is 6.13. The molecule has 0 aromatic heterocycles. The molecule has 0 N–H and O–H groups in total. The van der Waals surface area contributed by atoms with Gasteiger partial charge in [-0.1, -0.05) is 56.5 Å². The minimum absolute atomic E-state index is 0.864. The summed E-state index contributed by atoms with van der Waals surface area (Å²) < 4.78 is 0. The molecule has 0 aromatic carbocycles. The number of halogens is 2. The first-order valence-corrected chi connectivity index (χ1v) is 5.75. The van der Waals surface area contributed by atoms with Gasteiger partial charge in [-0.25, -0.2) is 0 Å². The highest BCUT2D eigenvalue weighted by Crippen LogP contribution is 2.32. The quantitative estimate of drug-likeness (QED) is 0.599. The number of rotatable bonds is 2. The van der Waals surface area contributed by atoms with Crippen LogP contribution in [0.1, 0.15) is 46.5 Å². The van der Waals surface area contributed by atoms with Gasteiger partial charge < -0.3 is 0 Å². The Morgan fingerprint density at radius 1 is 1.31 bits per heavy atom. The van der Waals surface area contributed by atoms with Gasteiger partial charge in [0.15, 0.2) is 0 Å². The van der Waals surface area contributed by atoms with Crippen molar-refractivity contribution in [2.45, 2.75) is 46.5 Å². The van der Waals surface area contributed by atoms with Crippen molar-refractivity contribution in [1.29, 1.82) is 0 Å². The molecule has 1 aliphatic carbocycles. The molecule has 0 fully saturated rings. The summed E-state index contributed by atoms with van der Waals surface area (Å²) in [5.74, 6) is 0. The minimum Gasteiger partial charge on any atom is -0.0888 e. The molecule has 1 aliphatic rings. The normalized spacial score (nSPS) is 16.2. The van der Waals surface area contributed by atoms with E-state index in [1.807, 2.05) is 13.8 Å². The zero-order valence-corrected chi connectivity index (χ0v) is 10.2. The molecule has 0 heterocycles. The highest BCUT2D eigenvalue weighted by Gasteiger charge is 2.11. The monoisotopic (exact) mass is 220 g/mol. The van der Waals surface area contributed by atoms with Crippen molar-refractivity contribution in [2.24, 2.45) is 0 Å². The Kier molecular flexibility index (Phi) is 7.50. The van der Waals surface area contributed by atoms with Gasteiger partial charge in [0, 0.05) is 10.1 Å². The lowest BCUT2D eigenvalue weighted by Crippen LogP contribution is -1.93. The molecule has 13 heavy (non-hydrogen) atoms. The SMILES string of the molecule is CC.CCCC1=C(Cl)CCC=C1Cl. The van der Waals surface area contributed by atoms with E-state index in [9.17, 15) is 0 Å². The van der Waals surface area contributed by atoms with E-state index in [0.717, 1.165) is 41.3 Å². The maximum atomic E-state index is 6.01. The molecular formula is C11H18Cl2. The Morgan fingerprint density at radius 3 is 2.38 bits per heavy atom. The van der Waals surface area contributed by atoms with E-state index >= 15 is 0 Å². The van der Waals surface area contributed by atoms with Crippen LogP contribution in [0, 0.1) is 0 Å². The van der Waals surface area contributed by atoms with E-state index < -0.39 is 0 Å². The highest BCUT2D eigenvalue weighted by atomic mass is 35.5. The van der Waals surface area contributed by atoms with E-state index in [1.165, 1.54) is 0 Å². The van der Waals surface area contributed by atoms with Crippen molar-refractivity contribution >= 4 is 23.2 Å². The standard InChI is InChI=1S/C9H12Cl2.C2H6/c1-2-4-7-8(10)5-3-6-9(7)11;1-2/h5H,2-4,6H2,1H3;1-2H3. The van der Waals surface area contributed by atoms with Gasteiger partial charge in [-0.2, -0.15) is 0 Å². The zero-order chi connectivity index (χ0) is 10.3. The Labute approximate surface area is 91.6 Å². The van der Waals surface area contributed by atoms with Gasteiger partial charge in [-0.3, -0.25) is 0 Å². The second kappa shape index (κ2) is 7.46. The van der Waals surface area contributed by atoms with Crippen LogP contribution in [0.5, 0.6) is 0 Å². The van der Waals surface area contributed by atoms with Crippen molar-refractivity contribution < 1.29 is 0 Å². The summed E-state index contributed by atoms with van der Waals surface area (Å²) >= 11 is 12.0. The minimum atomic E-state index is 0.864. The molecule has 0 bridgehead atoms. The van der Waals surface area contributed by atoms with Crippen LogP contribution >= 0.6 is 23.2 Å².